The second kappa shape index (κ2) is 6.97. The number of primary amides is 1. The van der Waals surface area contributed by atoms with Crippen LogP contribution < -0.4 is 11.5 Å². The number of rotatable bonds is 6. The zero-order valence-electron chi connectivity index (χ0n) is 11.8. The molecule has 0 bridgehead atoms. The lowest BCUT2D eigenvalue weighted by atomic mass is 10.1. The summed E-state index contributed by atoms with van der Waals surface area (Å²) >= 11 is 0. The van der Waals surface area contributed by atoms with E-state index in [4.69, 9.17) is 26.0 Å². The molecular formula is C11H17N5O7. The van der Waals surface area contributed by atoms with Crippen molar-refractivity contribution in [2.75, 3.05) is 13.2 Å². The Labute approximate surface area is 129 Å². The molecule has 1 aromatic rings. The van der Waals surface area contributed by atoms with Crippen LogP contribution in [-0.2, 0) is 14.3 Å². The van der Waals surface area contributed by atoms with E-state index in [9.17, 15) is 19.8 Å². The molecule has 7 N–H and O–H groups in total. The number of hydrogen-bond donors (Lipinski definition) is 5. The summed E-state index contributed by atoms with van der Waals surface area (Å²) in [7, 11) is 0. The van der Waals surface area contributed by atoms with Crippen LogP contribution in [0.2, 0.25) is 0 Å². The maximum atomic E-state index is 11.4. The summed E-state index contributed by atoms with van der Waals surface area (Å²) in [6.45, 7) is -0.981. The topological polar surface area (TPSA) is 196 Å². The highest BCUT2D eigenvalue weighted by molar-refractivity contribution is 5.88. The van der Waals surface area contributed by atoms with E-state index >= 15 is 0 Å². The van der Waals surface area contributed by atoms with Crippen LogP contribution in [0.15, 0.2) is 6.33 Å². The Morgan fingerprint density at radius 3 is 2.70 bits per heavy atom. The Kier molecular flexibility index (Phi) is 5.23. The van der Waals surface area contributed by atoms with Gasteiger partial charge in [-0.3, -0.25) is 9.59 Å². The molecule has 128 valence electrons. The lowest BCUT2D eigenvalue weighted by Gasteiger charge is -2.15. The van der Waals surface area contributed by atoms with Crippen molar-refractivity contribution in [1.82, 2.24) is 14.8 Å². The average Bonchev–Trinajstić information content (AvgIpc) is 3.11. The maximum absolute atomic E-state index is 11.4. The van der Waals surface area contributed by atoms with Crippen LogP contribution in [0.1, 0.15) is 16.8 Å². The van der Waals surface area contributed by atoms with Crippen molar-refractivity contribution in [3.63, 3.8) is 0 Å². The third kappa shape index (κ3) is 3.62. The van der Waals surface area contributed by atoms with Crippen molar-refractivity contribution in [2.24, 2.45) is 11.5 Å². The number of ether oxygens (including phenoxy) is 2. The number of aliphatic hydroxyl groups is 3. The number of aliphatic hydroxyl groups excluding tert-OH is 3. The summed E-state index contributed by atoms with van der Waals surface area (Å²) in [5.74, 6) is -2.02. The van der Waals surface area contributed by atoms with E-state index in [0.717, 1.165) is 11.0 Å². The van der Waals surface area contributed by atoms with Crippen LogP contribution in [0.5, 0.6) is 0 Å². The fourth-order valence-corrected chi connectivity index (χ4v) is 1.94. The lowest BCUT2D eigenvalue weighted by Crippen LogP contribution is -2.39. The van der Waals surface area contributed by atoms with Gasteiger partial charge in [-0.2, -0.15) is 0 Å². The van der Waals surface area contributed by atoms with E-state index < -0.39 is 55.7 Å². The van der Waals surface area contributed by atoms with Gasteiger partial charge in [0, 0.05) is 0 Å². The Morgan fingerprint density at radius 1 is 1.43 bits per heavy atom. The SMILES string of the molecule is NC(=O)c1ncn([C@@H]2O[C@H](COC(=O)[C@@H](N)CO)[C@@H](O)[C@H]2O)n1. The lowest BCUT2D eigenvalue weighted by molar-refractivity contribution is -0.152. The first kappa shape index (κ1) is 17.2. The molecule has 0 aliphatic carbocycles. The highest BCUT2D eigenvalue weighted by Gasteiger charge is 2.45. The summed E-state index contributed by atoms with van der Waals surface area (Å²) in [5, 5.41) is 32.3. The number of nitrogens with two attached hydrogens (primary N) is 2. The molecule has 5 atom stereocenters. The van der Waals surface area contributed by atoms with Gasteiger partial charge in [-0.05, 0) is 0 Å². The van der Waals surface area contributed by atoms with Crippen LogP contribution in [0.3, 0.4) is 0 Å². The molecule has 0 spiro atoms. The number of carbonyl (C=O) groups excluding carboxylic acids is 2. The molecule has 2 heterocycles. The molecule has 12 heteroatoms. The van der Waals surface area contributed by atoms with E-state index in [1.807, 2.05) is 0 Å². The molecule has 0 aromatic carbocycles. The minimum Gasteiger partial charge on any atom is -0.462 e. The largest absolute Gasteiger partial charge is 0.462 e. The summed E-state index contributed by atoms with van der Waals surface area (Å²) in [6, 6.07) is -1.21. The number of carbonyl (C=O) groups is 2. The first-order valence-corrected chi connectivity index (χ1v) is 6.60. The van der Waals surface area contributed by atoms with Crippen molar-refractivity contribution in [2.45, 2.75) is 30.6 Å². The second-order valence-electron chi connectivity index (χ2n) is 4.88. The van der Waals surface area contributed by atoms with Crippen LogP contribution >= 0.6 is 0 Å². The Morgan fingerprint density at radius 2 is 2.13 bits per heavy atom. The van der Waals surface area contributed by atoms with E-state index in [-0.39, 0.29) is 5.82 Å². The molecule has 1 amide bonds. The molecule has 1 fully saturated rings. The van der Waals surface area contributed by atoms with Crippen molar-refractivity contribution >= 4 is 11.9 Å². The highest BCUT2D eigenvalue weighted by Crippen LogP contribution is 2.28. The summed E-state index contributed by atoms with van der Waals surface area (Å²) in [6.07, 6.45) is -3.85. The molecule has 0 unspecified atom stereocenters. The van der Waals surface area contributed by atoms with E-state index in [2.05, 4.69) is 10.1 Å². The molecular weight excluding hydrogens is 314 g/mol. The third-order valence-electron chi connectivity index (χ3n) is 3.22. The van der Waals surface area contributed by atoms with Gasteiger partial charge in [-0.25, -0.2) is 9.67 Å². The van der Waals surface area contributed by atoms with Crippen molar-refractivity contribution in [3.05, 3.63) is 12.2 Å². The molecule has 23 heavy (non-hydrogen) atoms. The van der Waals surface area contributed by atoms with Gasteiger partial charge in [0.2, 0.25) is 5.82 Å². The maximum Gasteiger partial charge on any atom is 0.325 e. The summed E-state index contributed by atoms with van der Waals surface area (Å²) in [5.41, 5.74) is 10.3. The zero-order chi connectivity index (χ0) is 17.1. The van der Waals surface area contributed by atoms with Gasteiger partial charge in [0.1, 0.15) is 37.3 Å². The molecule has 1 aliphatic heterocycles. The number of amides is 1. The minimum atomic E-state index is -1.40. The van der Waals surface area contributed by atoms with Crippen LogP contribution in [-0.4, -0.2) is 79.5 Å². The molecule has 1 aliphatic rings. The van der Waals surface area contributed by atoms with Gasteiger partial charge in [0.25, 0.3) is 5.91 Å². The van der Waals surface area contributed by atoms with Crippen molar-refractivity contribution in [3.8, 4) is 0 Å². The second-order valence-corrected chi connectivity index (χ2v) is 4.88. The van der Waals surface area contributed by atoms with E-state index in [1.165, 1.54) is 0 Å². The standard InChI is InChI=1S/C11H17N5O7/c12-4(1-17)11(21)22-2-5-6(18)7(19)10(23-5)16-3-14-9(15-16)8(13)20/h3-7,10,17-19H,1-2,12H2,(H2,13,20)/t4-,5+,6+,7+,10+/m0/s1. The van der Waals surface area contributed by atoms with Gasteiger partial charge in [0.15, 0.2) is 6.23 Å². The number of aromatic nitrogens is 3. The van der Waals surface area contributed by atoms with Gasteiger partial charge < -0.3 is 36.3 Å². The average molecular weight is 331 g/mol. The van der Waals surface area contributed by atoms with Gasteiger partial charge >= 0.3 is 5.97 Å². The third-order valence-corrected chi connectivity index (χ3v) is 3.22. The Balaban J connectivity index is 2.00. The number of hydrogen-bond acceptors (Lipinski definition) is 10. The first-order valence-electron chi connectivity index (χ1n) is 6.60. The Bertz CT molecular complexity index is 579. The molecule has 2 rings (SSSR count). The minimum absolute atomic E-state index is 0.279. The fraction of sp³-hybridized carbons (Fsp3) is 0.636. The van der Waals surface area contributed by atoms with Crippen LogP contribution in [0, 0.1) is 0 Å². The van der Waals surface area contributed by atoms with E-state index in [0.29, 0.717) is 0 Å². The fourth-order valence-electron chi connectivity index (χ4n) is 1.94. The summed E-state index contributed by atoms with van der Waals surface area (Å²) < 4.78 is 11.2. The van der Waals surface area contributed by atoms with Crippen molar-refractivity contribution < 1.29 is 34.4 Å². The molecule has 12 nitrogen and oxygen atoms in total. The van der Waals surface area contributed by atoms with Gasteiger partial charge in [-0.1, -0.05) is 0 Å². The predicted molar refractivity (Wildman–Crippen MR) is 70.5 cm³/mol. The van der Waals surface area contributed by atoms with Crippen molar-refractivity contribution in [1.29, 1.82) is 0 Å². The quantitative estimate of drug-likeness (QED) is 0.319. The molecule has 1 saturated heterocycles. The van der Waals surface area contributed by atoms with Gasteiger partial charge in [0.05, 0.1) is 6.61 Å². The molecule has 0 radical (unpaired) electrons. The predicted octanol–water partition coefficient (Wildman–Crippen LogP) is -4.14. The highest BCUT2D eigenvalue weighted by atomic mass is 16.6. The zero-order valence-corrected chi connectivity index (χ0v) is 11.8. The molecule has 0 saturated carbocycles. The monoisotopic (exact) mass is 331 g/mol. The van der Waals surface area contributed by atoms with Crippen LogP contribution in [0.4, 0.5) is 0 Å². The summed E-state index contributed by atoms with van der Waals surface area (Å²) in [4.78, 5) is 25.9. The van der Waals surface area contributed by atoms with Gasteiger partial charge in [-0.15, -0.1) is 5.10 Å². The van der Waals surface area contributed by atoms with E-state index in [1.54, 1.807) is 0 Å². The smallest absolute Gasteiger partial charge is 0.325 e. The number of nitrogens with zero attached hydrogens (tertiary/aromatic N) is 3. The Hall–Kier alpha value is -2.12. The first-order chi connectivity index (χ1) is 10.8. The number of esters is 1. The molecule has 1 aromatic heterocycles. The van der Waals surface area contributed by atoms with Crippen LogP contribution in [0.25, 0.3) is 0 Å². The normalized spacial score (nSPS) is 28.5.